The Kier molecular flexibility index (Phi) is 4.92. The van der Waals surface area contributed by atoms with Crippen LogP contribution in [-0.2, 0) is 24.7 Å². The molecule has 1 aromatic rings. The molecule has 3 aliphatic heterocycles. The van der Waals surface area contributed by atoms with E-state index in [1.165, 1.54) is 4.90 Å². The second kappa shape index (κ2) is 7.19. The molecule has 3 aliphatic rings. The quantitative estimate of drug-likeness (QED) is 0.604. The van der Waals surface area contributed by atoms with Crippen LogP contribution < -0.4 is 16.4 Å². The van der Waals surface area contributed by atoms with Crippen LogP contribution in [0.15, 0.2) is 12.1 Å². The summed E-state index contributed by atoms with van der Waals surface area (Å²) in [4.78, 5) is 52.8. The summed E-state index contributed by atoms with van der Waals surface area (Å²) in [6.07, 6.45) is 1.94. The van der Waals surface area contributed by atoms with Gasteiger partial charge in [-0.05, 0) is 37.8 Å². The Labute approximate surface area is 175 Å². The van der Waals surface area contributed by atoms with E-state index in [1.807, 2.05) is 32.9 Å². The van der Waals surface area contributed by atoms with Crippen molar-refractivity contribution in [2.24, 2.45) is 17.6 Å². The minimum absolute atomic E-state index is 0.0782. The fourth-order valence-corrected chi connectivity index (χ4v) is 5.26. The van der Waals surface area contributed by atoms with Gasteiger partial charge in [-0.25, -0.2) is 0 Å². The molecule has 0 bridgehead atoms. The van der Waals surface area contributed by atoms with Gasteiger partial charge in [-0.15, -0.1) is 0 Å². The van der Waals surface area contributed by atoms with Crippen molar-refractivity contribution in [3.05, 3.63) is 28.8 Å². The van der Waals surface area contributed by atoms with E-state index in [0.29, 0.717) is 30.6 Å². The molecule has 0 unspecified atom stereocenters. The number of unbranched alkanes of at least 4 members (excludes halogenated alkanes) is 1. The number of aryl methyl sites for hydroxylation is 1. The van der Waals surface area contributed by atoms with Crippen LogP contribution in [-0.4, -0.2) is 41.1 Å². The van der Waals surface area contributed by atoms with Crippen molar-refractivity contribution in [2.45, 2.75) is 58.0 Å². The fourth-order valence-electron chi connectivity index (χ4n) is 5.26. The predicted molar refractivity (Wildman–Crippen MR) is 110 cm³/mol. The van der Waals surface area contributed by atoms with Crippen molar-refractivity contribution in [3.63, 3.8) is 0 Å². The summed E-state index contributed by atoms with van der Waals surface area (Å²) in [5.41, 5.74) is 7.40. The summed E-state index contributed by atoms with van der Waals surface area (Å²) in [7, 11) is 0. The van der Waals surface area contributed by atoms with E-state index in [1.54, 1.807) is 0 Å². The van der Waals surface area contributed by atoms with E-state index >= 15 is 0 Å². The molecule has 0 aliphatic carbocycles. The average molecular weight is 412 g/mol. The molecular formula is C22H28N4O4. The minimum Gasteiger partial charge on any atom is -0.370 e. The highest BCUT2D eigenvalue weighted by Gasteiger charge is 2.70. The van der Waals surface area contributed by atoms with Crippen LogP contribution in [0.1, 0.15) is 49.3 Å². The summed E-state index contributed by atoms with van der Waals surface area (Å²) in [6, 6.07) is 3.31. The number of fused-ring (bicyclic) bond motifs is 4. The first-order valence-corrected chi connectivity index (χ1v) is 10.6. The van der Waals surface area contributed by atoms with Crippen LogP contribution in [0.5, 0.6) is 0 Å². The lowest BCUT2D eigenvalue weighted by molar-refractivity contribution is -0.143. The molecule has 3 heterocycles. The monoisotopic (exact) mass is 412 g/mol. The number of benzene rings is 1. The van der Waals surface area contributed by atoms with Crippen LogP contribution >= 0.6 is 0 Å². The number of likely N-dealkylation sites (tertiary alicyclic amines) is 1. The third-order valence-corrected chi connectivity index (χ3v) is 6.95. The Morgan fingerprint density at radius 1 is 1.20 bits per heavy atom. The van der Waals surface area contributed by atoms with Crippen molar-refractivity contribution >= 4 is 29.3 Å². The van der Waals surface area contributed by atoms with Gasteiger partial charge in [0, 0.05) is 30.3 Å². The van der Waals surface area contributed by atoms with Gasteiger partial charge >= 0.3 is 0 Å². The molecule has 160 valence electrons. The molecule has 4 atom stereocenters. The maximum absolute atomic E-state index is 13.4. The number of rotatable bonds is 6. The predicted octanol–water partition coefficient (Wildman–Crippen LogP) is 1.09. The summed E-state index contributed by atoms with van der Waals surface area (Å²) in [5, 5.41) is 6.28. The van der Waals surface area contributed by atoms with E-state index in [4.69, 9.17) is 5.73 Å². The first-order valence-electron chi connectivity index (χ1n) is 10.6. The smallest absolute Gasteiger partial charge is 0.250 e. The maximum Gasteiger partial charge on any atom is 0.250 e. The van der Waals surface area contributed by atoms with Gasteiger partial charge in [0.2, 0.25) is 23.6 Å². The zero-order valence-corrected chi connectivity index (χ0v) is 17.6. The minimum atomic E-state index is -1.31. The second-order valence-electron chi connectivity index (χ2n) is 8.63. The Balaban J connectivity index is 1.83. The first kappa shape index (κ1) is 20.5. The summed E-state index contributed by atoms with van der Waals surface area (Å²) in [5.74, 6) is -2.89. The molecule has 0 aromatic heterocycles. The second-order valence-corrected chi connectivity index (χ2v) is 8.63. The van der Waals surface area contributed by atoms with Crippen LogP contribution in [0.2, 0.25) is 0 Å². The Morgan fingerprint density at radius 3 is 2.60 bits per heavy atom. The lowest BCUT2D eigenvalue weighted by Crippen LogP contribution is -2.53. The number of nitrogens with one attached hydrogen (secondary N) is 2. The molecule has 30 heavy (non-hydrogen) atoms. The van der Waals surface area contributed by atoms with Gasteiger partial charge in [0.15, 0.2) is 0 Å². The molecule has 4 N–H and O–H groups in total. The zero-order valence-electron chi connectivity index (χ0n) is 17.6. The summed E-state index contributed by atoms with van der Waals surface area (Å²) >= 11 is 0. The number of hydrogen-bond acceptors (Lipinski definition) is 5. The Morgan fingerprint density at radius 2 is 1.93 bits per heavy atom. The van der Waals surface area contributed by atoms with Crippen molar-refractivity contribution in [1.82, 2.24) is 10.2 Å². The number of primary amides is 1. The highest BCUT2D eigenvalue weighted by Crippen LogP contribution is 2.54. The maximum atomic E-state index is 13.4. The van der Waals surface area contributed by atoms with Gasteiger partial charge in [0.1, 0.15) is 5.54 Å². The zero-order chi connectivity index (χ0) is 21.8. The Bertz CT molecular complexity index is 959. The van der Waals surface area contributed by atoms with Crippen LogP contribution in [0, 0.1) is 25.7 Å². The average Bonchev–Trinajstić information content (AvgIpc) is 3.27. The molecule has 4 amide bonds. The number of carbonyl (C=O) groups excluding carboxylic acids is 4. The standard InChI is InChI=1S/C22H28N4O4/c1-4-5-10-26-19(28)16-14(8-9-15(23)27)25-22(17(16)20(26)29)13-7-6-11(2)12(3)18(13)24-21(22)30/h6-7,14,16-17,25H,4-5,8-10H2,1-3H3,(H2,23,27)(H,24,30)/t14-,16-,17+,22+/m1/s1. The van der Waals surface area contributed by atoms with Crippen LogP contribution in [0.3, 0.4) is 0 Å². The van der Waals surface area contributed by atoms with Gasteiger partial charge < -0.3 is 11.1 Å². The van der Waals surface area contributed by atoms with Gasteiger partial charge in [0.25, 0.3) is 0 Å². The number of nitrogens with two attached hydrogens (primary N) is 1. The van der Waals surface area contributed by atoms with Gasteiger partial charge in [-0.3, -0.25) is 29.4 Å². The van der Waals surface area contributed by atoms with E-state index in [9.17, 15) is 19.2 Å². The van der Waals surface area contributed by atoms with Crippen molar-refractivity contribution in [3.8, 4) is 0 Å². The third kappa shape index (κ3) is 2.70. The first-order chi connectivity index (χ1) is 14.2. The van der Waals surface area contributed by atoms with E-state index in [0.717, 1.165) is 17.5 Å². The van der Waals surface area contributed by atoms with E-state index < -0.39 is 29.3 Å². The number of amides is 4. The number of anilines is 1. The molecule has 1 spiro atoms. The Hall–Kier alpha value is -2.74. The lowest BCUT2D eigenvalue weighted by atomic mass is 9.76. The molecule has 2 saturated heterocycles. The molecule has 1 aromatic carbocycles. The van der Waals surface area contributed by atoms with Crippen LogP contribution in [0.4, 0.5) is 5.69 Å². The highest BCUT2D eigenvalue weighted by molar-refractivity contribution is 6.15. The lowest BCUT2D eigenvalue weighted by Gasteiger charge is -2.29. The molecule has 4 rings (SSSR count). The summed E-state index contributed by atoms with van der Waals surface area (Å²) in [6.45, 7) is 6.24. The number of hydrogen-bond donors (Lipinski definition) is 3. The largest absolute Gasteiger partial charge is 0.370 e. The number of imide groups is 1. The SMILES string of the molecule is CCCCN1C(=O)[C@H]2[C@@H](C1=O)[C@]1(N[C@@H]2CCC(N)=O)C(=O)Nc2c1ccc(C)c2C. The topological polar surface area (TPSA) is 122 Å². The van der Waals surface area contributed by atoms with Crippen LogP contribution in [0.25, 0.3) is 0 Å². The van der Waals surface area contributed by atoms with Gasteiger partial charge in [0.05, 0.1) is 11.8 Å². The van der Waals surface area contributed by atoms with E-state index in [-0.39, 0.29) is 24.1 Å². The van der Waals surface area contributed by atoms with Gasteiger partial charge in [-0.2, -0.15) is 0 Å². The molecule has 0 saturated carbocycles. The number of carbonyl (C=O) groups is 4. The highest BCUT2D eigenvalue weighted by atomic mass is 16.2. The summed E-state index contributed by atoms with van der Waals surface area (Å²) < 4.78 is 0. The fraction of sp³-hybridized carbons (Fsp3) is 0.545. The molecule has 8 nitrogen and oxygen atoms in total. The van der Waals surface area contributed by atoms with Crippen molar-refractivity contribution in [2.75, 3.05) is 11.9 Å². The van der Waals surface area contributed by atoms with Crippen molar-refractivity contribution < 1.29 is 19.2 Å². The number of nitrogens with zero attached hydrogens (tertiary/aromatic N) is 1. The molecular weight excluding hydrogens is 384 g/mol. The molecule has 2 fully saturated rings. The normalized spacial score (nSPS) is 29.5. The van der Waals surface area contributed by atoms with Gasteiger partial charge in [-0.1, -0.05) is 25.5 Å². The molecule has 0 radical (unpaired) electrons. The van der Waals surface area contributed by atoms with Crippen molar-refractivity contribution in [1.29, 1.82) is 0 Å². The van der Waals surface area contributed by atoms with E-state index in [2.05, 4.69) is 10.6 Å². The molecule has 8 heteroatoms. The third-order valence-electron chi connectivity index (χ3n) is 6.95.